The molecule has 10 heteroatoms. The lowest BCUT2D eigenvalue weighted by atomic mass is 9.95. The summed E-state index contributed by atoms with van der Waals surface area (Å²) in [6.45, 7) is 2.68. The zero-order chi connectivity index (χ0) is 26.3. The van der Waals surface area contributed by atoms with Crippen molar-refractivity contribution < 1.29 is 28.2 Å². The molecular weight excluding hydrogens is 494 g/mol. The maximum absolute atomic E-state index is 15.6. The Bertz CT molecular complexity index is 1300. The number of aromatic nitrogens is 2. The van der Waals surface area contributed by atoms with Crippen molar-refractivity contribution in [2.24, 2.45) is 5.92 Å². The minimum absolute atomic E-state index is 0.0732. The first-order valence-corrected chi connectivity index (χ1v) is 13.1. The molecule has 1 saturated heterocycles. The van der Waals surface area contributed by atoms with Gasteiger partial charge in [-0.05, 0) is 79.7 Å². The smallest absolute Gasteiger partial charge is 0.327 e. The number of carbonyl (C=O) groups is 1. The largest absolute Gasteiger partial charge is 0.486 e. The van der Waals surface area contributed by atoms with E-state index in [0.717, 1.165) is 37.1 Å². The van der Waals surface area contributed by atoms with E-state index in [9.17, 15) is 9.90 Å². The second-order valence-corrected chi connectivity index (χ2v) is 10.3. The van der Waals surface area contributed by atoms with Gasteiger partial charge in [-0.15, -0.1) is 0 Å². The molecule has 0 radical (unpaired) electrons. The molecule has 2 N–H and O–H groups in total. The van der Waals surface area contributed by atoms with Crippen LogP contribution in [-0.2, 0) is 17.6 Å². The van der Waals surface area contributed by atoms with Gasteiger partial charge < -0.3 is 24.8 Å². The highest BCUT2D eigenvalue weighted by molar-refractivity contribution is 5.84. The Hall–Kier alpha value is -3.37. The topological polar surface area (TPSA) is 96.8 Å². The van der Waals surface area contributed by atoms with Crippen molar-refractivity contribution in [1.82, 2.24) is 20.2 Å². The van der Waals surface area contributed by atoms with Crippen molar-refractivity contribution in [3.63, 3.8) is 0 Å². The summed E-state index contributed by atoms with van der Waals surface area (Å²) in [6.07, 6.45) is 4.07. The fourth-order valence-corrected chi connectivity index (χ4v) is 5.73. The number of benzene rings is 2. The molecule has 1 aliphatic carbocycles. The fourth-order valence-electron chi connectivity index (χ4n) is 5.73. The summed E-state index contributed by atoms with van der Waals surface area (Å²) in [7, 11) is 0. The number of carbonyl (C=O) groups excluding carboxylic acids is 1. The van der Waals surface area contributed by atoms with Crippen LogP contribution in [0.15, 0.2) is 42.7 Å². The summed E-state index contributed by atoms with van der Waals surface area (Å²) >= 11 is 0. The standard InChI is InChI=1S/C28H30F2N4O4/c29-28(30,20-11-18-13-21-22(14-19(18)12-20)32-6-5-31-21)27(36)33-23(16-34-7-1-2-8-34)26(35)17-3-4-24-25(15-17)38-10-9-37-24/h3-6,13-15,20,23,26,35H,1-2,7-12,16H2,(H,33,36). The summed E-state index contributed by atoms with van der Waals surface area (Å²) in [5.74, 6) is -5.12. The lowest BCUT2D eigenvalue weighted by Crippen LogP contribution is -2.54. The van der Waals surface area contributed by atoms with Crippen LogP contribution < -0.4 is 14.8 Å². The summed E-state index contributed by atoms with van der Waals surface area (Å²) in [5.41, 5.74) is 3.30. The third-order valence-electron chi connectivity index (χ3n) is 7.80. The van der Waals surface area contributed by atoms with E-state index in [1.165, 1.54) is 0 Å². The van der Waals surface area contributed by atoms with E-state index in [2.05, 4.69) is 20.2 Å². The van der Waals surface area contributed by atoms with Crippen molar-refractivity contribution in [3.05, 3.63) is 59.4 Å². The van der Waals surface area contributed by atoms with Crippen molar-refractivity contribution in [3.8, 4) is 11.5 Å². The van der Waals surface area contributed by atoms with E-state index in [1.807, 2.05) is 0 Å². The first kappa shape index (κ1) is 24.9. The summed E-state index contributed by atoms with van der Waals surface area (Å²) in [6, 6.07) is 7.68. The number of likely N-dealkylation sites (tertiary alicyclic amines) is 1. The van der Waals surface area contributed by atoms with Gasteiger partial charge in [-0.1, -0.05) is 6.07 Å². The Morgan fingerprint density at radius 3 is 2.32 bits per heavy atom. The molecule has 2 unspecified atom stereocenters. The molecule has 6 rings (SSSR count). The number of fused-ring (bicyclic) bond motifs is 3. The van der Waals surface area contributed by atoms with Gasteiger partial charge >= 0.3 is 5.92 Å². The molecule has 2 atom stereocenters. The first-order valence-electron chi connectivity index (χ1n) is 13.1. The maximum Gasteiger partial charge on any atom is 0.327 e. The zero-order valence-corrected chi connectivity index (χ0v) is 20.9. The average Bonchev–Trinajstić information content (AvgIpc) is 3.60. The second kappa shape index (κ2) is 10.1. The molecule has 0 saturated carbocycles. The van der Waals surface area contributed by atoms with Gasteiger partial charge in [0.05, 0.1) is 17.1 Å². The average molecular weight is 525 g/mol. The fraction of sp³-hybridized carbons (Fsp3) is 0.464. The molecule has 3 aromatic rings. The molecule has 2 aromatic carbocycles. The number of hydrogen-bond donors (Lipinski definition) is 2. The van der Waals surface area contributed by atoms with Gasteiger partial charge in [-0.25, -0.2) is 0 Å². The molecule has 3 heterocycles. The number of nitrogens with one attached hydrogen (secondary N) is 1. The van der Waals surface area contributed by atoms with Gasteiger partial charge in [0.15, 0.2) is 11.5 Å². The molecule has 0 spiro atoms. The van der Waals surface area contributed by atoms with E-state index in [4.69, 9.17) is 9.47 Å². The van der Waals surface area contributed by atoms with Gasteiger partial charge in [0.2, 0.25) is 0 Å². The number of nitrogens with zero attached hydrogens (tertiary/aromatic N) is 3. The number of aliphatic hydroxyl groups excluding tert-OH is 1. The normalized spacial score (nSPS) is 19.3. The van der Waals surface area contributed by atoms with Gasteiger partial charge in [-0.3, -0.25) is 14.8 Å². The molecule has 0 bridgehead atoms. The maximum atomic E-state index is 15.6. The summed E-state index contributed by atoms with van der Waals surface area (Å²) < 4.78 is 42.4. The molecule has 1 fully saturated rings. The molecule has 200 valence electrons. The highest BCUT2D eigenvalue weighted by Gasteiger charge is 2.50. The lowest BCUT2D eigenvalue weighted by molar-refractivity contribution is -0.155. The van der Waals surface area contributed by atoms with Crippen LogP contribution >= 0.6 is 0 Å². The van der Waals surface area contributed by atoms with Crippen molar-refractivity contribution in [2.45, 2.75) is 43.8 Å². The predicted molar refractivity (Wildman–Crippen MR) is 135 cm³/mol. The van der Waals surface area contributed by atoms with E-state index in [-0.39, 0.29) is 19.4 Å². The Kier molecular flexibility index (Phi) is 6.61. The van der Waals surface area contributed by atoms with E-state index >= 15 is 8.78 Å². The minimum atomic E-state index is -3.62. The number of alkyl halides is 2. The minimum Gasteiger partial charge on any atom is -0.486 e. The molecule has 1 aromatic heterocycles. The number of halogens is 2. The summed E-state index contributed by atoms with van der Waals surface area (Å²) in [4.78, 5) is 23.7. The third kappa shape index (κ3) is 4.78. The number of hydrogen-bond acceptors (Lipinski definition) is 7. The van der Waals surface area contributed by atoms with Crippen LogP contribution in [0.25, 0.3) is 11.0 Å². The van der Waals surface area contributed by atoms with Crippen LogP contribution in [-0.4, -0.2) is 70.7 Å². The lowest BCUT2D eigenvalue weighted by Gasteiger charge is -2.31. The number of ether oxygens (including phenoxy) is 2. The van der Waals surface area contributed by atoms with Crippen LogP contribution in [0.2, 0.25) is 0 Å². The predicted octanol–water partition coefficient (Wildman–Crippen LogP) is 3.07. The Labute approximate surface area is 219 Å². The molecule has 38 heavy (non-hydrogen) atoms. The molecule has 2 aliphatic heterocycles. The molecule has 8 nitrogen and oxygen atoms in total. The Morgan fingerprint density at radius 2 is 1.66 bits per heavy atom. The van der Waals surface area contributed by atoms with Crippen LogP contribution in [0.4, 0.5) is 8.78 Å². The van der Waals surface area contributed by atoms with E-state index in [0.29, 0.717) is 41.3 Å². The quantitative estimate of drug-likeness (QED) is 0.491. The van der Waals surface area contributed by atoms with Gasteiger partial charge in [0.25, 0.3) is 5.91 Å². The zero-order valence-electron chi connectivity index (χ0n) is 20.9. The monoisotopic (exact) mass is 524 g/mol. The molecular formula is C28H30F2N4O4. The second-order valence-electron chi connectivity index (χ2n) is 10.3. The molecule has 1 amide bonds. The van der Waals surface area contributed by atoms with Crippen molar-refractivity contribution in [1.29, 1.82) is 0 Å². The first-order chi connectivity index (χ1) is 18.4. The van der Waals surface area contributed by atoms with E-state index < -0.39 is 29.9 Å². The number of rotatable bonds is 7. The Morgan fingerprint density at radius 1 is 1.03 bits per heavy atom. The van der Waals surface area contributed by atoms with Crippen LogP contribution in [0.1, 0.15) is 35.6 Å². The SMILES string of the molecule is O=C(NC(CN1CCCC1)C(O)c1ccc2c(c1)OCCO2)C(F)(F)C1Cc2cc3nccnc3cc2C1. The van der Waals surface area contributed by atoms with Gasteiger partial charge in [0, 0.05) is 24.9 Å². The van der Waals surface area contributed by atoms with E-state index in [1.54, 1.807) is 42.7 Å². The summed E-state index contributed by atoms with van der Waals surface area (Å²) in [5, 5.41) is 13.8. The third-order valence-corrected chi connectivity index (χ3v) is 7.80. The number of amides is 1. The van der Waals surface area contributed by atoms with Crippen LogP contribution in [0.3, 0.4) is 0 Å². The number of aliphatic hydroxyl groups is 1. The van der Waals surface area contributed by atoms with Crippen LogP contribution in [0.5, 0.6) is 11.5 Å². The molecule has 3 aliphatic rings. The van der Waals surface area contributed by atoms with Crippen LogP contribution in [0, 0.1) is 5.92 Å². The van der Waals surface area contributed by atoms with Gasteiger partial charge in [0.1, 0.15) is 19.3 Å². The van der Waals surface area contributed by atoms with Crippen molar-refractivity contribution >= 4 is 16.9 Å². The highest BCUT2D eigenvalue weighted by Crippen LogP contribution is 2.39. The Balaban J connectivity index is 1.21. The van der Waals surface area contributed by atoms with Gasteiger partial charge in [-0.2, -0.15) is 8.78 Å². The van der Waals surface area contributed by atoms with Crippen molar-refractivity contribution in [2.75, 3.05) is 32.8 Å². The highest BCUT2D eigenvalue weighted by atomic mass is 19.3.